The molecule has 3 rings (SSSR count). The van der Waals surface area contributed by atoms with Gasteiger partial charge in [0.05, 0.1) is 0 Å². The maximum Gasteiger partial charge on any atom is 0.261 e. The van der Waals surface area contributed by atoms with E-state index < -0.39 is 6.04 Å². The number of benzene rings is 3. The fourth-order valence-electron chi connectivity index (χ4n) is 3.88. The maximum atomic E-state index is 13.5. The molecule has 1 N–H and O–H groups in total. The number of amides is 2. The van der Waals surface area contributed by atoms with Gasteiger partial charge >= 0.3 is 0 Å². The van der Waals surface area contributed by atoms with E-state index in [4.69, 9.17) is 4.74 Å². The zero-order valence-electron chi connectivity index (χ0n) is 20.9. The lowest BCUT2D eigenvalue weighted by Gasteiger charge is -2.31. The average Bonchev–Trinajstić information content (AvgIpc) is 2.89. The quantitative estimate of drug-likeness (QED) is 0.386. The molecule has 0 fully saturated rings. The molecule has 0 saturated carbocycles. The summed E-state index contributed by atoms with van der Waals surface area (Å²) in [6.07, 6.45) is 1.25. The summed E-state index contributed by atoms with van der Waals surface area (Å²) in [7, 11) is 0. The van der Waals surface area contributed by atoms with E-state index in [0.717, 1.165) is 17.5 Å². The number of carbonyl (C=O) groups is 2. The summed E-state index contributed by atoms with van der Waals surface area (Å²) in [5.41, 5.74) is 3.17. The Balaban J connectivity index is 1.83. The predicted octanol–water partition coefficient (Wildman–Crippen LogP) is 5.36. The molecular formula is C30H36N2O3. The zero-order valence-corrected chi connectivity index (χ0v) is 20.9. The molecular weight excluding hydrogens is 436 g/mol. The number of nitrogens with zero attached hydrogens (tertiary/aromatic N) is 1. The highest BCUT2D eigenvalue weighted by Crippen LogP contribution is 2.20. The first-order valence-electron chi connectivity index (χ1n) is 12.4. The molecule has 0 aliphatic rings. The van der Waals surface area contributed by atoms with E-state index in [-0.39, 0.29) is 18.4 Å². The summed E-state index contributed by atoms with van der Waals surface area (Å²) in [6, 6.07) is 26.7. The van der Waals surface area contributed by atoms with Crippen molar-refractivity contribution in [1.82, 2.24) is 10.2 Å². The van der Waals surface area contributed by atoms with Crippen LogP contribution in [0.15, 0.2) is 84.9 Å². The first-order chi connectivity index (χ1) is 17.0. The third kappa shape index (κ3) is 7.99. The Hall–Kier alpha value is -3.60. The molecule has 0 bridgehead atoms. The van der Waals surface area contributed by atoms with Gasteiger partial charge in [0.2, 0.25) is 5.91 Å². The monoisotopic (exact) mass is 472 g/mol. The van der Waals surface area contributed by atoms with Crippen LogP contribution in [-0.2, 0) is 22.6 Å². The van der Waals surface area contributed by atoms with Crippen molar-refractivity contribution in [2.45, 2.75) is 52.1 Å². The highest BCUT2D eigenvalue weighted by molar-refractivity contribution is 5.88. The summed E-state index contributed by atoms with van der Waals surface area (Å²) >= 11 is 0. The molecule has 2 amide bonds. The first kappa shape index (κ1) is 26.0. The van der Waals surface area contributed by atoms with Gasteiger partial charge in [-0.2, -0.15) is 0 Å². The van der Waals surface area contributed by atoms with Crippen molar-refractivity contribution in [3.05, 3.63) is 102 Å². The number of carbonyl (C=O) groups excluding carboxylic acids is 2. The van der Waals surface area contributed by atoms with Gasteiger partial charge in [-0.1, -0.05) is 93.6 Å². The van der Waals surface area contributed by atoms with Gasteiger partial charge in [-0.05, 0) is 41.2 Å². The van der Waals surface area contributed by atoms with E-state index in [1.54, 1.807) is 4.90 Å². The van der Waals surface area contributed by atoms with Crippen molar-refractivity contribution < 1.29 is 14.3 Å². The van der Waals surface area contributed by atoms with Gasteiger partial charge in [0.25, 0.3) is 5.91 Å². The number of hydrogen-bond acceptors (Lipinski definition) is 3. The van der Waals surface area contributed by atoms with Gasteiger partial charge in [-0.25, -0.2) is 0 Å². The molecule has 1 unspecified atom stereocenters. The molecule has 0 aliphatic carbocycles. The van der Waals surface area contributed by atoms with Gasteiger partial charge in [0.15, 0.2) is 6.61 Å². The van der Waals surface area contributed by atoms with E-state index in [1.807, 2.05) is 91.9 Å². The summed E-state index contributed by atoms with van der Waals surface area (Å²) in [5.74, 6) is 0.681. The number of nitrogens with one attached hydrogen (secondary N) is 1. The minimum absolute atomic E-state index is 0.139. The lowest BCUT2D eigenvalue weighted by molar-refractivity contribution is -0.142. The van der Waals surface area contributed by atoms with Gasteiger partial charge in [0.1, 0.15) is 11.8 Å². The second-order valence-electron chi connectivity index (χ2n) is 9.02. The van der Waals surface area contributed by atoms with Gasteiger partial charge in [-0.3, -0.25) is 9.59 Å². The zero-order chi connectivity index (χ0) is 25.0. The minimum atomic E-state index is -0.649. The SMILES string of the molecule is CCCNC(=O)C(Cc1ccccc1)N(Cc1ccccc1)C(=O)COc1ccc(C(C)C)cc1. The number of hydrogen-bond donors (Lipinski definition) is 1. The Kier molecular flexibility index (Phi) is 9.91. The molecule has 1 atom stereocenters. The largest absolute Gasteiger partial charge is 0.484 e. The molecule has 5 heteroatoms. The summed E-state index contributed by atoms with van der Waals surface area (Å²) in [6.45, 7) is 7.04. The minimum Gasteiger partial charge on any atom is -0.484 e. The molecule has 35 heavy (non-hydrogen) atoms. The van der Waals surface area contributed by atoms with Crippen LogP contribution < -0.4 is 10.1 Å². The fourth-order valence-corrected chi connectivity index (χ4v) is 3.88. The van der Waals surface area contributed by atoms with E-state index in [1.165, 1.54) is 5.56 Å². The molecule has 0 radical (unpaired) electrons. The number of rotatable bonds is 12. The Morgan fingerprint density at radius 2 is 1.46 bits per heavy atom. The number of ether oxygens (including phenoxy) is 1. The summed E-state index contributed by atoms with van der Waals surface area (Å²) < 4.78 is 5.86. The van der Waals surface area contributed by atoms with Crippen LogP contribution in [0, 0.1) is 0 Å². The van der Waals surface area contributed by atoms with Gasteiger partial charge < -0.3 is 15.0 Å². The van der Waals surface area contributed by atoms with Crippen LogP contribution in [0.3, 0.4) is 0 Å². The topological polar surface area (TPSA) is 58.6 Å². The van der Waals surface area contributed by atoms with E-state index in [0.29, 0.717) is 31.2 Å². The first-order valence-corrected chi connectivity index (χ1v) is 12.4. The van der Waals surface area contributed by atoms with E-state index in [9.17, 15) is 9.59 Å². The second kappa shape index (κ2) is 13.3. The van der Waals surface area contributed by atoms with Crippen molar-refractivity contribution in [3.8, 4) is 5.75 Å². The fraction of sp³-hybridized carbons (Fsp3) is 0.333. The second-order valence-corrected chi connectivity index (χ2v) is 9.02. The van der Waals surface area contributed by atoms with Gasteiger partial charge in [0, 0.05) is 19.5 Å². The van der Waals surface area contributed by atoms with Crippen LogP contribution in [-0.4, -0.2) is 35.9 Å². The maximum absolute atomic E-state index is 13.5. The van der Waals surface area contributed by atoms with E-state index in [2.05, 4.69) is 19.2 Å². The van der Waals surface area contributed by atoms with Crippen molar-refractivity contribution in [2.24, 2.45) is 0 Å². The highest BCUT2D eigenvalue weighted by atomic mass is 16.5. The molecule has 5 nitrogen and oxygen atoms in total. The molecule has 0 heterocycles. The summed E-state index contributed by atoms with van der Waals surface area (Å²) in [4.78, 5) is 28.4. The van der Waals surface area contributed by atoms with Crippen LogP contribution in [0.1, 0.15) is 49.8 Å². The average molecular weight is 473 g/mol. The Labute approximate surface area is 209 Å². The van der Waals surface area contributed by atoms with Gasteiger partial charge in [-0.15, -0.1) is 0 Å². The molecule has 0 aromatic heterocycles. The van der Waals surface area contributed by atoms with E-state index >= 15 is 0 Å². The summed E-state index contributed by atoms with van der Waals surface area (Å²) in [5, 5.41) is 2.99. The Bertz CT molecular complexity index is 1050. The molecule has 0 aliphatic heterocycles. The highest BCUT2D eigenvalue weighted by Gasteiger charge is 2.30. The Morgan fingerprint density at radius 3 is 2.03 bits per heavy atom. The lowest BCUT2D eigenvalue weighted by Crippen LogP contribution is -2.51. The van der Waals surface area contributed by atoms with Crippen LogP contribution in [0.2, 0.25) is 0 Å². The van der Waals surface area contributed by atoms with Crippen molar-refractivity contribution >= 4 is 11.8 Å². The molecule has 0 saturated heterocycles. The third-order valence-electron chi connectivity index (χ3n) is 5.93. The lowest BCUT2D eigenvalue weighted by atomic mass is 10.0. The van der Waals surface area contributed by atoms with Crippen molar-refractivity contribution in [2.75, 3.05) is 13.2 Å². The molecule has 184 valence electrons. The van der Waals surface area contributed by atoms with Crippen LogP contribution in [0.25, 0.3) is 0 Å². The Morgan fingerprint density at radius 1 is 0.857 bits per heavy atom. The molecule has 0 spiro atoms. The standard InChI is InChI=1S/C30H36N2O3/c1-4-19-31-30(34)28(20-24-11-7-5-8-12-24)32(21-25-13-9-6-10-14-25)29(33)22-35-27-17-15-26(16-18-27)23(2)3/h5-18,23,28H,4,19-22H2,1-3H3,(H,31,34). The van der Waals surface area contributed by atoms with Crippen LogP contribution in [0.4, 0.5) is 0 Å². The van der Waals surface area contributed by atoms with Crippen LogP contribution in [0.5, 0.6) is 5.75 Å². The smallest absolute Gasteiger partial charge is 0.261 e. The normalized spacial score (nSPS) is 11.7. The van der Waals surface area contributed by atoms with Crippen molar-refractivity contribution in [3.63, 3.8) is 0 Å². The predicted molar refractivity (Wildman–Crippen MR) is 140 cm³/mol. The van der Waals surface area contributed by atoms with Crippen LogP contribution >= 0.6 is 0 Å². The molecule has 3 aromatic rings. The molecule has 3 aromatic carbocycles. The third-order valence-corrected chi connectivity index (χ3v) is 5.93. The van der Waals surface area contributed by atoms with Crippen molar-refractivity contribution in [1.29, 1.82) is 0 Å².